The topological polar surface area (TPSA) is 36.3 Å². The number of nitrogens with zero attached hydrogens (tertiary/aromatic N) is 2. The summed E-state index contributed by atoms with van der Waals surface area (Å²) < 4.78 is 13.8. The van der Waals surface area contributed by atoms with E-state index in [4.69, 9.17) is 9.47 Å². The van der Waals surface area contributed by atoms with Crippen molar-refractivity contribution in [3.8, 4) is 16.9 Å². The number of imidazole rings is 1. The van der Waals surface area contributed by atoms with Crippen LogP contribution in [0, 0.1) is 0 Å². The van der Waals surface area contributed by atoms with E-state index in [1.165, 1.54) is 11.9 Å². The largest absolute Gasteiger partial charge is 0.465 e. The molecule has 0 aliphatic carbocycles. The zero-order chi connectivity index (χ0) is 17.1. The van der Waals surface area contributed by atoms with Crippen LogP contribution in [-0.4, -0.2) is 22.4 Å². The van der Waals surface area contributed by atoms with Crippen LogP contribution in [0.1, 0.15) is 32.6 Å². The second kappa shape index (κ2) is 7.28. The predicted molar refractivity (Wildman–Crippen MR) is 99.7 cm³/mol. The molecule has 0 amide bonds. The highest BCUT2D eigenvalue weighted by molar-refractivity contribution is 5.92. The maximum absolute atomic E-state index is 5.93. The predicted octanol–water partition coefficient (Wildman–Crippen LogP) is 5.02. The monoisotopic (exact) mass is 336 g/mol. The van der Waals surface area contributed by atoms with Crippen LogP contribution in [0.3, 0.4) is 0 Å². The molecule has 1 atom stereocenters. The van der Waals surface area contributed by atoms with Gasteiger partial charge in [-0.15, -0.1) is 0 Å². The number of aromatic nitrogens is 2. The second-order valence-electron chi connectivity index (χ2n) is 6.55. The molecule has 0 N–H and O–H groups in total. The zero-order valence-electron chi connectivity index (χ0n) is 14.6. The van der Waals surface area contributed by atoms with E-state index in [0.717, 1.165) is 54.8 Å². The normalized spacial score (nSPS) is 17.7. The summed E-state index contributed by atoms with van der Waals surface area (Å²) in [6.07, 6.45) is 6.21. The van der Waals surface area contributed by atoms with Crippen molar-refractivity contribution in [1.29, 1.82) is 0 Å². The summed E-state index contributed by atoms with van der Waals surface area (Å²) in [5.41, 5.74) is 4.56. The third-order valence-corrected chi connectivity index (χ3v) is 4.69. The van der Waals surface area contributed by atoms with E-state index in [2.05, 4.69) is 46.8 Å². The Balaban J connectivity index is 1.58. The minimum absolute atomic E-state index is 0.104. The van der Waals surface area contributed by atoms with Crippen LogP contribution in [0.4, 0.5) is 0 Å². The van der Waals surface area contributed by atoms with Crippen molar-refractivity contribution < 1.29 is 9.47 Å². The third-order valence-electron chi connectivity index (χ3n) is 4.69. The van der Waals surface area contributed by atoms with Crippen molar-refractivity contribution in [3.63, 3.8) is 0 Å². The van der Waals surface area contributed by atoms with Gasteiger partial charge in [-0.3, -0.25) is 0 Å². The molecule has 0 bridgehead atoms. The standard InChI is InChI=1S/C21H24N2O2/c1-2-13-23-15-22-21-18(6-5-7-19(21)23)16-9-11-17(12-10-16)25-20-8-3-4-14-24-20/h5-7,9-12,15,20H,2-4,8,13-14H2,1H3. The summed E-state index contributed by atoms with van der Waals surface area (Å²) in [4.78, 5) is 4.64. The number of rotatable bonds is 5. The lowest BCUT2D eigenvalue weighted by Crippen LogP contribution is -2.24. The molecule has 1 fully saturated rings. The summed E-state index contributed by atoms with van der Waals surface area (Å²) in [7, 11) is 0. The lowest BCUT2D eigenvalue weighted by atomic mass is 10.0. The lowest BCUT2D eigenvalue weighted by molar-refractivity contribution is -0.105. The van der Waals surface area contributed by atoms with Crippen molar-refractivity contribution >= 4 is 11.0 Å². The van der Waals surface area contributed by atoms with Gasteiger partial charge in [0.15, 0.2) is 6.29 Å². The molecular weight excluding hydrogens is 312 g/mol. The maximum Gasteiger partial charge on any atom is 0.199 e. The van der Waals surface area contributed by atoms with Gasteiger partial charge in [0.1, 0.15) is 5.75 Å². The van der Waals surface area contributed by atoms with Crippen molar-refractivity contribution in [2.45, 2.75) is 45.4 Å². The molecule has 1 aromatic heterocycles. The maximum atomic E-state index is 5.93. The molecule has 0 spiro atoms. The highest BCUT2D eigenvalue weighted by atomic mass is 16.7. The van der Waals surface area contributed by atoms with Crippen LogP contribution in [-0.2, 0) is 11.3 Å². The van der Waals surface area contributed by atoms with E-state index in [1.807, 2.05) is 18.5 Å². The number of para-hydroxylation sites is 1. The average molecular weight is 336 g/mol. The number of aryl methyl sites for hydroxylation is 1. The summed E-state index contributed by atoms with van der Waals surface area (Å²) in [6, 6.07) is 14.6. The van der Waals surface area contributed by atoms with Crippen molar-refractivity contribution in [2.24, 2.45) is 0 Å². The van der Waals surface area contributed by atoms with Crippen molar-refractivity contribution in [2.75, 3.05) is 6.61 Å². The molecular formula is C21H24N2O2. The van der Waals surface area contributed by atoms with Gasteiger partial charge < -0.3 is 14.0 Å². The Bertz CT molecular complexity index is 833. The van der Waals surface area contributed by atoms with Gasteiger partial charge >= 0.3 is 0 Å². The number of fused-ring (bicyclic) bond motifs is 1. The molecule has 1 aliphatic rings. The summed E-state index contributed by atoms with van der Waals surface area (Å²) in [6.45, 7) is 3.98. The van der Waals surface area contributed by atoms with E-state index in [0.29, 0.717) is 0 Å². The van der Waals surface area contributed by atoms with Gasteiger partial charge in [0.25, 0.3) is 0 Å². The minimum atomic E-state index is -0.104. The van der Waals surface area contributed by atoms with Crippen molar-refractivity contribution in [3.05, 3.63) is 48.8 Å². The van der Waals surface area contributed by atoms with Gasteiger partial charge in [0.05, 0.1) is 24.0 Å². The highest BCUT2D eigenvalue weighted by Gasteiger charge is 2.15. The number of hydrogen-bond donors (Lipinski definition) is 0. The molecule has 1 saturated heterocycles. The molecule has 1 aliphatic heterocycles. The Morgan fingerprint density at radius 2 is 2.04 bits per heavy atom. The molecule has 0 radical (unpaired) electrons. The first-order valence-corrected chi connectivity index (χ1v) is 9.17. The first-order chi connectivity index (χ1) is 12.3. The minimum Gasteiger partial charge on any atom is -0.465 e. The van der Waals surface area contributed by atoms with Crippen LogP contribution in [0.15, 0.2) is 48.8 Å². The lowest BCUT2D eigenvalue weighted by Gasteiger charge is -2.23. The molecule has 130 valence electrons. The van der Waals surface area contributed by atoms with Gasteiger partial charge in [-0.25, -0.2) is 4.98 Å². The fraction of sp³-hybridized carbons (Fsp3) is 0.381. The average Bonchev–Trinajstić information content (AvgIpc) is 3.07. The first-order valence-electron chi connectivity index (χ1n) is 9.17. The van der Waals surface area contributed by atoms with E-state index in [-0.39, 0.29) is 6.29 Å². The Morgan fingerprint density at radius 1 is 1.16 bits per heavy atom. The van der Waals surface area contributed by atoms with Crippen LogP contribution < -0.4 is 4.74 Å². The molecule has 1 unspecified atom stereocenters. The number of hydrogen-bond acceptors (Lipinski definition) is 3. The van der Waals surface area contributed by atoms with Gasteiger partial charge in [-0.05, 0) is 43.0 Å². The Kier molecular flexibility index (Phi) is 4.70. The van der Waals surface area contributed by atoms with Crippen molar-refractivity contribution in [1.82, 2.24) is 9.55 Å². The van der Waals surface area contributed by atoms with E-state index in [1.54, 1.807) is 0 Å². The SMILES string of the molecule is CCCn1cnc2c(-c3ccc(OC4CCCCO4)cc3)cccc21. The smallest absolute Gasteiger partial charge is 0.199 e. The van der Waals surface area contributed by atoms with Crippen LogP contribution in [0.5, 0.6) is 5.75 Å². The fourth-order valence-electron chi connectivity index (χ4n) is 3.41. The Morgan fingerprint density at radius 3 is 2.80 bits per heavy atom. The number of ether oxygens (including phenoxy) is 2. The molecule has 2 aromatic carbocycles. The van der Waals surface area contributed by atoms with Gasteiger partial charge in [0.2, 0.25) is 0 Å². The highest BCUT2D eigenvalue weighted by Crippen LogP contribution is 2.29. The van der Waals surface area contributed by atoms with E-state index >= 15 is 0 Å². The van der Waals surface area contributed by atoms with Crippen LogP contribution in [0.2, 0.25) is 0 Å². The molecule has 3 aromatic rings. The van der Waals surface area contributed by atoms with E-state index in [9.17, 15) is 0 Å². The summed E-state index contributed by atoms with van der Waals surface area (Å²) in [5.74, 6) is 0.860. The van der Waals surface area contributed by atoms with Crippen LogP contribution in [0.25, 0.3) is 22.2 Å². The molecule has 4 heteroatoms. The summed E-state index contributed by atoms with van der Waals surface area (Å²) in [5, 5.41) is 0. The molecule has 2 heterocycles. The summed E-state index contributed by atoms with van der Waals surface area (Å²) >= 11 is 0. The molecule has 0 saturated carbocycles. The Hall–Kier alpha value is -2.33. The molecule has 25 heavy (non-hydrogen) atoms. The third kappa shape index (κ3) is 3.40. The van der Waals surface area contributed by atoms with Gasteiger partial charge in [0, 0.05) is 18.5 Å². The van der Waals surface area contributed by atoms with E-state index < -0.39 is 0 Å². The van der Waals surface area contributed by atoms with Gasteiger partial charge in [-0.2, -0.15) is 0 Å². The van der Waals surface area contributed by atoms with Crippen LogP contribution >= 0.6 is 0 Å². The number of benzene rings is 2. The second-order valence-corrected chi connectivity index (χ2v) is 6.55. The quantitative estimate of drug-likeness (QED) is 0.656. The Labute approximate surface area is 148 Å². The van der Waals surface area contributed by atoms with Gasteiger partial charge in [-0.1, -0.05) is 31.2 Å². The zero-order valence-corrected chi connectivity index (χ0v) is 14.6. The fourth-order valence-corrected chi connectivity index (χ4v) is 3.41. The molecule has 4 nitrogen and oxygen atoms in total. The molecule has 4 rings (SSSR count). The first kappa shape index (κ1) is 16.2.